The van der Waals surface area contributed by atoms with Crippen LogP contribution in [0.3, 0.4) is 0 Å². The fourth-order valence-corrected chi connectivity index (χ4v) is 1.49. The molecule has 1 aromatic rings. The van der Waals surface area contributed by atoms with Gasteiger partial charge in [-0.1, -0.05) is 24.3 Å². The summed E-state index contributed by atoms with van der Waals surface area (Å²) >= 11 is 0. The van der Waals surface area contributed by atoms with Gasteiger partial charge in [-0.05, 0) is 25.0 Å². The summed E-state index contributed by atoms with van der Waals surface area (Å²) in [7, 11) is 0. The SMILES string of the molecule is CC(=O)CC(C#N)c1ccccc1C.[Na]. The number of hydrogen-bond donors (Lipinski definition) is 0. The fraction of sp³-hybridized carbons (Fsp3) is 0.333. The summed E-state index contributed by atoms with van der Waals surface area (Å²) < 4.78 is 0. The minimum atomic E-state index is -0.298. The van der Waals surface area contributed by atoms with Gasteiger partial charge in [0.2, 0.25) is 0 Å². The van der Waals surface area contributed by atoms with E-state index in [2.05, 4.69) is 6.07 Å². The van der Waals surface area contributed by atoms with E-state index in [1.807, 2.05) is 31.2 Å². The molecule has 15 heavy (non-hydrogen) atoms. The molecule has 1 atom stereocenters. The molecular formula is C12H13NNaO. The minimum Gasteiger partial charge on any atom is -0.300 e. The number of hydrogen-bond acceptors (Lipinski definition) is 2. The summed E-state index contributed by atoms with van der Waals surface area (Å²) in [4.78, 5) is 10.9. The van der Waals surface area contributed by atoms with Crippen LogP contribution in [0.25, 0.3) is 0 Å². The van der Waals surface area contributed by atoms with Crippen molar-refractivity contribution in [1.82, 2.24) is 0 Å². The van der Waals surface area contributed by atoms with Crippen LogP contribution in [-0.4, -0.2) is 35.3 Å². The topological polar surface area (TPSA) is 40.9 Å². The molecule has 1 radical (unpaired) electrons. The molecule has 0 aliphatic heterocycles. The summed E-state index contributed by atoms with van der Waals surface area (Å²) in [6.45, 7) is 3.47. The molecule has 0 heterocycles. The van der Waals surface area contributed by atoms with Crippen LogP contribution in [0.5, 0.6) is 0 Å². The Labute approximate surface area is 113 Å². The number of nitriles is 1. The van der Waals surface area contributed by atoms with Crippen LogP contribution in [0.4, 0.5) is 0 Å². The van der Waals surface area contributed by atoms with Crippen molar-refractivity contribution in [2.75, 3.05) is 0 Å². The van der Waals surface area contributed by atoms with Crippen molar-refractivity contribution in [2.45, 2.75) is 26.2 Å². The molecule has 2 nitrogen and oxygen atoms in total. The van der Waals surface area contributed by atoms with Gasteiger partial charge < -0.3 is 0 Å². The normalized spacial score (nSPS) is 11.0. The summed E-state index contributed by atoms with van der Waals surface area (Å²) in [6, 6.07) is 9.86. The molecule has 73 valence electrons. The summed E-state index contributed by atoms with van der Waals surface area (Å²) in [6.07, 6.45) is 0.307. The van der Waals surface area contributed by atoms with Crippen molar-refractivity contribution in [3.63, 3.8) is 0 Å². The van der Waals surface area contributed by atoms with E-state index in [0.29, 0.717) is 6.42 Å². The molecule has 0 aromatic heterocycles. The second kappa shape index (κ2) is 6.79. The Balaban J connectivity index is 0.00000196. The van der Waals surface area contributed by atoms with E-state index in [9.17, 15) is 4.79 Å². The third-order valence-corrected chi connectivity index (χ3v) is 2.21. The minimum absolute atomic E-state index is 0. The molecule has 0 fully saturated rings. The molecule has 1 aromatic carbocycles. The van der Waals surface area contributed by atoms with Gasteiger partial charge in [0, 0.05) is 36.0 Å². The average molecular weight is 210 g/mol. The maximum absolute atomic E-state index is 10.9. The monoisotopic (exact) mass is 210 g/mol. The largest absolute Gasteiger partial charge is 0.300 e. The Morgan fingerprint density at radius 1 is 1.47 bits per heavy atom. The number of ketones is 1. The van der Waals surface area contributed by atoms with Gasteiger partial charge in [-0.25, -0.2) is 0 Å². The smallest absolute Gasteiger partial charge is 0.131 e. The number of carbonyl (C=O) groups is 1. The second-order valence-electron chi connectivity index (χ2n) is 3.44. The molecule has 3 heteroatoms. The maximum Gasteiger partial charge on any atom is 0.131 e. The molecule has 1 unspecified atom stereocenters. The van der Waals surface area contributed by atoms with Gasteiger partial charge >= 0.3 is 0 Å². The first-order valence-electron chi connectivity index (χ1n) is 4.59. The van der Waals surface area contributed by atoms with Crippen molar-refractivity contribution < 1.29 is 4.79 Å². The van der Waals surface area contributed by atoms with Crippen molar-refractivity contribution in [1.29, 1.82) is 5.26 Å². The van der Waals surface area contributed by atoms with Gasteiger partial charge in [-0.15, -0.1) is 0 Å². The number of nitrogens with zero attached hydrogens (tertiary/aromatic N) is 1. The van der Waals surface area contributed by atoms with Crippen molar-refractivity contribution in [3.05, 3.63) is 35.4 Å². The van der Waals surface area contributed by atoms with Gasteiger partial charge in [-0.2, -0.15) is 5.26 Å². The van der Waals surface area contributed by atoms with Gasteiger partial charge in [-0.3, -0.25) is 4.79 Å². The molecule has 0 amide bonds. The quantitative estimate of drug-likeness (QED) is 0.717. The molecular weight excluding hydrogens is 197 g/mol. The van der Waals surface area contributed by atoms with Crippen molar-refractivity contribution >= 4 is 35.3 Å². The van der Waals surface area contributed by atoms with Crippen LogP contribution in [0.15, 0.2) is 24.3 Å². The molecule has 0 aliphatic rings. The van der Waals surface area contributed by atoms with E-state index in [1.54, 1.807) is 0 Å². The zero-order valence-electron chi connectivity index (χ0n) is 9.45. The first kappa shape index (κ1) is 14.4. The van der Waals surface area contributed by atoms with Gasteiger partial charge in [0.1, 0.15) is 5.78 Å². The Morgan fingerprint density at radius 3 is 2.53 bits per heavy atom. The van der Waals surface area contributed by atoms with Crippen molar-refractivity contribution in [3.8, 4) is 6.07 Å². The molecule has 0 saturated carbocycles. The predicted octanol–water partition coefficient (Wildman–Crippen LogP) is 2.20. The van der Waals surface area contributed by atoms with Crippen LogP contribution in [-0.2, 0) is 4.79 Å². The number of Topliss-reactive ketones (excluding diaryl/α,β-unsaturated/α-hetero) is 1. The second-order valence-corrected chi connectivity index (χ2v) is 3.44. The van der Waals surface area contributed by atoms with E-state index in [0.717, 1.165) is 11.1 Å². The van der Waals surface area contributed by atoms with Crippen LogP contribution in [0.2, 0.25) is 0 Å². The van der Waals surface area contributed by atoms with E-state index < -0.39 is 0 Å². The standard InChI is InChI=1S/C12H13NO.Na/c1-9-5-3-4-6-12(9)11(8-13)7-10(2)14;/h3-6,11H,7H2,1-2H3;. The van der Waals surface area contributed by atoms with Crippen LogP contribution in [0.1, 0.15) is 30.4 Å². The molecule has 0 N–H and O–H groups in total. The maximum atomic E-state index is 10.9. The van der Waals surface area contributed by atoms with Crippen LogP contribution in [0, 0.1) is 18.3 Å². The Kier molecular flexibility index (Phi) is 6.51. The molecule has 1 rings (SSSR count). The van der Waals surface area contributed by atoms with Gasteiger partial charge in [0.05, 0.1) is 12.0 Å². The molecule has 0 aliphatic carbocycles. The molecule has 0 spiro atoms. The molecule has 0 saturated heterocycles. The van der Waals surface area contributed by atoms with Crippen molar-refractivity contribution in [2.24, 2.45) is 0 Å². The third kappa shape index (κ3) is 4.17. The fourth-order valence-electron chi connectivity index (χ4n) is 1.49. The Hall–Kier alpha value is -0.620. The van der Waals surface area contributed by atoms with Crippen LogP contribution < -0.4 is 0 Å². The van der Waals surface area contributed by atoms with E-state index in [4.69, 9.17) is 5.26 Å². The number of aryl methyl sites for hydroxylation is 1. The number of benzene rings is 1. The van der Waals surface area contributed by atoms with Crippen LogP contribution >= 0.6 is 0 Å². The summed E-state index contributed by atoms with van der Waals surface area (Å²) in [5, 5.41) is 8.95. The Morgan fingerprint density at radius 2 is 2.07 bits per heavy atom. The average Bonchev–Trinajstić information content (AvgIpc) is 2.15. The zero-order chi connectivity index (χ0) is 10.6. The number of rotatable bonds is 3. The molecule has 0 bridgehead atoms. The first-order chi connectivity index (χ1) is 6.65. The van der Waals surface area contributed by atoms with E-state index in [1.165, 1.54) is 6.92 Å². The first-order valence-corrected chi connectivity index (χ1v) is 4.59. The third-order valence-electron chi connectivity index (χ3n) is 2.21. The van der Waals surface area contributed by atoms with Gasteiger partial charge in [0.15, 0.2) is 0 Å². The Bertz CT molecular complexity index is 381. The summed E-state index contributed by atoms with van der Waals surface area (Å²) in [5.74, 6) is -0.242. The van der Waals surface area contributed by atoms with Gasteiger partial charge in [0.25, 0.3) is 0 Å². The van der Waals surface area contributed by atoms with E-state index >= 15 is 0 Å². The van der Waals surface area contributed by atoms with E-state index in [-0.39, 0.29) is 41.3 Å². The summed E-state index contributed by atoms with van der Waals surface area (Å²) in [5.41, 5.74) is 2.03. The number of carbonyl (C=O) groups excluding carboxylic acids is 1. The zero-order valence-corrected chi connectivity index (χ0v) is 11.4. The predicted molar refractivity (Wildman–Crippen MR) is 60.6 cm³/mol.